The van der Waals surface area contributed by atoms with Crippen molar-refractivity contribution < 1.29 is 9.84 Å². The van der Waals surface area contributed by atoms with E-state index in [1.165, 1.54) is 12.4 Å². The Morgan fingerprint density at radius 1 is 1.13 bits per heavy atom. The van der Waals surface area contributed by atoms with Crippen molar-refractivity contribution in [3.05, 3.63) is 35.1 Å². The van der Waals surface area contributed by atoms with Crippen LogP contribution in [0, 0.1) is 5.92 Å². The summed E-state index contributed by atoms with van der Waals surface area (Å²) in [4.78, 5) is 18.0. The first-order valence-corrected chi connectivity index (χ1v) is 7.88. The molecule has 0 aromatic carbocycles. The summed E-state index contributed by atoms with van der Waals surface area (Å²) in [5, 5.41) is 11.0. The quantitative estimate of drug-likeness (QED) is 0.837. The summed E-state index contributed by atoms with van der Waals surface area (Å²) < 4.78 is 5.62. The number of anilines is 1. The lowest BCUT2D eigenvalue weighted by atomic mass is 9.95. The third-order valence-electron chi connectivity index (χ3n) is 3.67. The van der Waals surface area contributed by atoms with Crippen LogP contribution in [0.1, 0.15) is 6.42 Å². The number of aromatic nitrogens is 4. The van der Waals surface area contributed by atoms with Crippen LogP contribution in [0.25, 0.3) is 0 Å². The zero-order valence-electron chi connectivity index (χ0n) is 12.1. The van der Waals surface area contributed by atoms with E-state index >= 15 is 0 Å². The Bertz CT molecular complexity index is 641. The summed E-state index contributed by atoms with van der Waals surface area (Å²) >= 11 is 11.4. The number of β-amino-alcohol motifs (C(OH)–C–C–N with tert-alkyl or cyclic N) is 1. The number of rotatable bonds is 4. The van der Waals surface area contributed by atoms with E-state index in [1.54, 1.807) is 12.4 Å². The summed E-state index contributed by atoms with van der Waals surface area (Å²) in [5.41, 5.74) is 0. The maximum Gasteiger partial charge on any atom is 0.225 e. The SMILES string of the molecule is O[C@@H]1CN(c2ncc(Cl)cn2)CC[C@@H]1COc1cnc(Cl)nc1. The lowest BCUT2D eigenvalue weighted by Crippen LogP contribution is -2.46. The Hall–Kier alpha value is -1.70. The monoisotopic (exact) mass is 355 g/mol. The molecule has 122 valence electrons. The highest BCUT2D eigenvalue weighted by Gasteiger charge is 2.29. The maximum absolute atomic E-state index is 10.3. The normalized spacial score (nSPS) is 21.3. The molecule has 0 aliphatic carbocycles. The minimum absolute atomic E-state index is 0.0224. The Labute approximate surface area is 143 Å². The van der Waals surface area contributed by atoms with Gasteiger partial charge in [-0.25, -0.2) is 19.9 Å². The molecule has 1 saturated heterocycles. The molecule has 7 nitrogen and oxygen atoms in total. The number of ether oxygens (including phenoxy) is 1. The first kappa shape index (κ1) is 16.2. The van der Waals surface area contributed by atoms with Crippen LogP contribution < -0.4 is 9.64 Å². The van der Waals surface area contributed by atoms with Crippen LogP contribution >= 0.6 is 23.2 Å². The highest BCUT2D eigenvalue weighted by atomic mass is 35.5. The third kappa shape index (κ3) is 4.19. The molecule has 3 rings (SSSR count). The van der Waals surface area contributed by atoms with Gasteiger partial charge in [-0.2, -0.15) is 0 Å². The predicted octanol–water partition coefficient (Wildman–Crippen LogP) is 1.84. The van der Waals surface area contributed by atoms with Gasteiger partial charge in [-0.05, 0) is 18.0 Å². The van der Waals surface area contributed by atoms with Crippen molar-refractivity contribution >= 4 is 29.2 Å². The highest BCUT2D eigenvalue weighted by Crippen LogP contribution is 2.22. The fourth-order valence-electron chi connectivity index (χ4n) is 2.40. The van der Waals surface area contributed by atoms with Crippen molar-refractivity contribution in [2.45, 2.75) is 12.5 Å². The van der Waals surface area contributed by atoms with Crippen molar-refractivity contribution in [2.24, 2.45) is 5.92 Å². The summed E-state index contributed by atoms with van der Waals surface area (Å²) in [6.07, 6.45) is 6.35. The standard InChI is InChI=1S/C14H15Cl2N5O2/c15-10-3-19-14(20-4-10)21-2-1-9(12(22)7-21)8-23-11-5-17-13(16)18-6-11/h3-6,9,12,22H,1-2,7-8H2/t9-,12-/m1/s1. The van der Waals surface area contributed by atoms with Gasteiger partial charge in [0.05, 0.1) is 42.5 Å². The highest BCUT2D eigenvalue weighted by molar-refractivity contribution is 6.30. The molecular weight excluding hydrogens is 341 g/mol. The number of piperidine rings is 1. The lowest BCUT2D eigenvalue weighted by molar-refractivity contribution is 0.0611. The van der Waals surface area contributed by atoms with Crippen LogP contribution in [0.5, 0.6) is 5.75 Å². The molecule has 1 fully saturated rings. The van der Waals surface area contributed by atoms with Crippen molar-refractivity contribution in [3.8, 4) is 5.75 Å². The Morgan fingerprint density at radius 2 is 1.83 bits per heavy atom. The zero-order valence-corrected chi connectivity index (χ0v) is 13.7. The van der Waals surface area contributed by atoms with E-state index < -0.39 is 6.10 Å². The van der Waals surface area contributed by atoms with Crippen molar-refractivity contribution in [3.63, 3.8) is 0 Å². The molecule has 0 unspecified atom stereocenters. The minimum Gasteiger partial charge on any atom is -0.490 e. The van der Waals surface area contributed by atoms with E-state index in [1.807, 2.05) is 4.90 Å². The minimum atomic E-state index is -0.531. The molecule has 0 spiro atoms. The van der Waals surface area contributed by atoms with Gasteiger partial charge in [-0.3, -0.25) is 0 Å². The molecule has 0 amide bonds. The molecule has 9 heteroatoms. The number of aliphatic hydroxyl groups excluding tert-OH is 1. The van der Waals surface area contributed by atoms with Gasteiger partial charge in [0, 0.05) is 19.0 Å². The molecular formula is C14H15Cl2N5O2. The topological polar surface area (TPSA) is 84.3 Å². The van der Waals surface area contributed by atoms with Crippen LogP contribution in [-0.4, -0.2) is 50.8 Å². The predicted molar refractivity (Wildman–Crippen MR) is 85.9 cm³/mol. The van der Waals surface area contributed by atoms with Gasteiger partial charge >= 0.3 is 0 Å². The molecule has 0 bridgehead atoms. The first-order valence-electron chi connectivity index (χ1n) is 7.13. The number of nitrogens with zero attached hydrogens (tertiary/aromatic N) is 5. The number of aliphatic hydroxyl groups is 1. The Kier molecular flexibility index (Phi) is 5.09. The van der Waals surface area contributed by atoms with Gasteiger partial charge in [0.2, 0.25) is 11.2 Å². The van der Waals surface area contributed by atoms with Crippen LogP contribution in [0.3, 0.4) is 0 Å². The van der Waals surface area contributed by atoms with Gasteiger partial charge < -0.3 is 14.7 Å². The summed E-state index contributed by atoms with van der Waals surface area (Å²) in [5.74, 6) is 1.12. The third-order valence-corrected chi connectivity index (χ3v) is 4.06. The average molecular weight is 356 g/mol. The van der Waals surface area contributed by atoms with E-state index in [2.05, 4.69) is 19.9 Å². The molecule has 0 saturated carbocycles. The molecule has 3 heterocycles. The zero-order chi connectivity index (χ0) is 16.2. The number of hydrogen-bond donors (Lipinski definition) is 1. The van der Waals surface area contributed by atoms with Gasteiger partial charge in [0.1, 0.15) is 0 Å². The number of halogens is 2. The molecule has 1 aliphatic rings. The Morgan fingerprint density at radius 3 is 2.48 bits per heavy atom. The number of hydrogen-bond acceptors (Lipinski definition) is 7. The van der Waals surface area contributed by atoms with Crippen LogP contribution in [0.2, 0.25) is 10.3 Å². The molecule has 2 aromatic rings. The molecule has 23 heavy (non-hydrogen) atoms. The van der Waals surface area contributed by atoms with E-state index in [9.17, 15) is 5.11 Å². The average Bonchev–Trinajstić information content (AvgIpc) is 2.56. The second-order valence-corrected chi connectivity index (χ2v) is 6.04. The second kappa shape index (κ2) is 7.25. The van der Waals surface area contributed by atoms with Crippen LogP contribution in [-0.2, 0) is 0 Å². The van der Waals surface area contributed by atoms with Crippen LogP contribution in [0.15, 0.2) is 24.8 Å². The summed E-state index contributed by atoms with van der Waals surface area (Å²) in [7, 11) is 0. The largest absolute Gasteiger partial charge is 0.490 e. The molecule has 0 radical (unpaired) electrons. The van der Waals surface area contributed by atoms with Crippen molar-refractivity contribution in [1.82, 2.24) is 19.9 Å². The van der Waals surface area contributed by atoms with Gasteiger partial charge in [0.15, 0.2) is 5.75 Å². The van der Waals surface area contributed by atoms with Crippen molar-refractivity contribution in [2.75, 3.05) is 24.6 Å². The van der Waals surface area contributed by atoms with E-state index in [4.69, 9.17) is 27.9 Å². The summed E-state index contributed by atoms with van der Waals surface area (Å²) in [6, 6.07) is 0. The van der Waals surface area contributed by atoms with Gasteiger partial charge in [-0.15, -0.1) is 0 Å². The van der Waals surface area contributed by atoms with Crippen molar-refractivity contribution in [1.29, 1.82) is 0 Å². The van der Waals surface area contributed by atoms with E-state index in [0.717, 1.165) is 13.0 Å². The second-order valence-electron chi connectivity index (χ2n) is 5.26. The van der Waals surface area contributed by atoms with Gasteiger partial charge in [-0.1, -0.05) is 11.6 Å². The van der Waals surface area contributed by atoms with E-state index in [0.29, 0.717) is 29.9 Å². The smallest absolute Gasteiger partial charge is 0.225 e. The van der Waals surface area contributed by atoms with Gasteiger partial charge in [0.25, 0.3) is 0 Å². The molecule has 2 atom stereocenters. The molecule has 2 aromatic heterocycles. The van der Waals surface area contributed by atoms with Crippen LogP contribution in [0.4, 0.5) is 5.95 Å². The summed E-state index contributed by atoms with van der Waals surface area (Å²) in [6.45, 7) is 1.58. The first-order chi connectivity index (χ1) is 11.1. The Balaban J connectivity index is 1.54. The molecule has 1 aliphatic heterocycles. The molecule has 1 N–H and O–H groups in total. The fraction of sp³-hybridized carbons (Fsp3) is 0.429. The maximum atomic E-state index is 10.3. The van der Waals surface area contributed by atoms with E-state index in [-0.39, 0.29) is 11.2 Å². The fourth-order valence-corrected chi connectivity index (χ4v) is 2.60. The lowest BCUT2D eigenvalue weighted by Gasteiger charge is -2.35.